The Morgan fingerprint density at radius 1 is 1.41 bits per heavy atom. The largest absolute Gasteiger partial charge is 0.465 e. The number of aromatic nitrogens is 1. The van der Waals surface area contributed by atoms with Crippen molar-refractivity contribution in [3.05, 3.63) is 30.1 Å². The summed E-state index contributed by atoms with van der Waals surface area (Å²) in [5, 5.41) is 0. The highest BCUT2D eigenvalue weighted by molar-refractivity contribution is 5.80. The summed E-state index contributed by atoms with van der Waals surface area (Å²) in [6.45, 7) is 8.55. The molecular weight excluding hydrogens is 346 g/mol. The monoisotopic (exact) mass is 377 g/mol. The van der Waals surface area contributed by atoms with Crippen LogP contribution >= 0.6 is 0 Å². The molecule has 0 aromatic carbocycles. The number of hydrogen-bond acceptors (Lipinski definition) is 6. The van der Waals surface area contributed by atoms with Crippen LogP contribution < -0.4 is 5.73 Å². The van der Waals surface area contributed by atoms with Crippen LogP contribution in [0.25, 0.3) is 0 Å². The van der Waals surface area contributed by atoms with Crippen molar-refractivity contribution >= 4 is 12.1 Å². The zero-order valence-corrected chi connectivity index (χ0v) is 16.7. The minimum Gasteiger partial charge on any atom is -0.465 e. The first-order valence-corrected chi connectivity index (χ1v) is 9.48. The number of nitrogens with two attached hydrogens (primary N) is 1. The van der Waals surface area contributed by atoms with Gasteiger partial charge in [-0.05, 0) is 52.2 Å². The predicted octanol–water partition coefficient (Wildman–Crippen LogP) is 2.70. The first kappa shape index (κ1) is 21.2. The van der Waals surface area contributed by atoms with Crippen LogP contribution in [0.4, 0.5) is 4.79 Å². The molecule has 2 unspecified atom stereocenters. The molecule has 150 valence electrons. The lowest BCUT2D eigenvalue weighted by Crippen LogP contribution is -2.55. The van der Waals surface area contributed by atoms with Crippen molar-refractivity contribution in [3.63, 3.8) is 0 Å². The maximum Gasteiger partial charge on any atom is 0.410 e. The lowest BCUT2D eigenvalue weighted by Gasteiger charge is -2.45. The molecule has 1 fully saturated rings. The maximum absolute atomic E-state index is 13.1. The number of rotatable bonds is 5. The highest BCUT2D eigenvalue weighted by atomic mass is 16.6. The fourth-order valence-electron chi connectivity index (χ4n) is 3.70. The zero-order valence-electron chi connectivity index (χ0n) is 16.7. The van der Waals surface area contributed by atoms with E-state index in [0.29, 0.717) is 19.4 Å². The number of ether oxygens (including phenoxy) is 2. The SMILES string of the molecule is CCOC(=O)C1(C(CN)c2cccnc2)CCCN(C(=O)OC(C)(C)C)C1. The van der Waals surface area contributed by atoms with Crippen molar-refractivity contribution in [2.24, 2.45) is 11.1 Å². The van der Waals surface area contributed by atoms with Gasteiger partial charge in [0.2, 0.25) is 0 Å². The van der Waals surface area contributed by atoms with E-state index in [1.807, 2.05) is 32.9 Å². The number of esters is 1. The van der Waals surface area contributed by atoms with Gasteiger partial charge in [-0.1, -0.05) is 6.07 Å². The summed E-state index contributed by atoms with van der Waals surface area (Å²) in [7, 11) is 0. The summed E-state index contributed by atoms with van der Waals surface area (Å²) in [6, 6.07) is 3.74. The molecule has 1 aliphatic heterocycles. The number of pyridine rings is 1. The third-order valence-corrected chi connectivity index (χ3v) is 4.85. The number of likely N-dealkylation sites (tertiary alicyclic amines) is 1. The van der Waals surface area contributed by atoms with Crippen molar-refractivity contribution in [2.45, 2.75) is 52.1 Å². The molecule has 0 spiro atoms. The van der Waals surface area contributed by atoms with E-state index in [2.05, 4.69) is 4.98 Å². The van der Waals surface area contributed by atoms with Crippen molar-refractivity contribution in [3.8, 4) is 0 Å². The number of nitrogens with zero attached hydrogens (tertiary/aromatic N) is 2. The summed E-state index contributed by atoms with van der Waals surface area (Å²) < 4.78 is 10.9. The first-order chi connectivity index (χ1) is 12.7. The van der Waals surface area contributed by atoms with Crippen LogP contribution in [-0.4, -0.2) is 53.8 Å². The van der Waals surface area contributed by atoms with Crippen molar-refractivity contribution in [1.29, 1.82) is 0 Å². The Hall–Kier alpha value is -2.15. The fourth-order valence-corrected chi connectivity index (χ4v) is 3.70. The summed E-state index contributed by atoms with van der Waals surface area (Å²) in [4.78, 5) is 31.5. The van der Waals surface area contributed by atoms with Crippen LogP contribution in [0.2, 0.25) is 0 Å². The van der Waals surface area contributed by atoms with Crippen LogP contribution in [0, 0.1) is 5.41 Å². The van der Waals surface area contributed by atoms with Crippen LogP contribution in [0.1, 0.15) is 52.0 Å². The normalized spacial score (nSPS) is 21.4. The summed E-state index contributed by atoms with van der Waals surface area (Å²) >= 11 is 0. The second-order valence-electron chi connectivity index (χ2n) is 7.96. The van der Waals surface area contributed by atoms with Gasteiger partial charge in [0.05, 0.1) is 12.0 Å². The molecule has 0 bridgehead atoms. The van der Waals surface area contributed by atoms with E-state index in [1.54, 1.807) is 24.2 Å². The number of amides is 1. The number of piperidine rings is 1. The molecule has 7 nitrogen and oxygen atoms in total. The highest BCUT2D eigenvalue weighted by Gasteiger charge is 2.51. The third-order valence-electron chi connectivity index (χ3n) is 4.85. The summed E-state index contributed by atoms with van der Waals surface area (Å²) in [5.74, 6) is -0.618. The Kier molecular flexibility index (Phi) is 6.81. The average molecular weight is 377 g/mol. The standard InChI is InChI=1S/C20H31N3O4/c1-5-26-17(24)20(16(12-21)15-8-6-10-22-13-15)9-7-11-23(14-20)18(25)27-19(2,3)4/h6,8,10,13,16H,5,7,9,11-12,14,21H2,1-4H3. The van der Waals surface area contributed by atoms with Crippen LogP contribution in [0.5, 0.6) is 0 Å². The van der Waals surface area contributed by atoms with Gasteiger partial charge in [-0.3, -0.25) is 9.78 Å². The average Bonchev–Trinajstić information content (AvgIpc) is 2.62. The summed E-state index contributed by atoms with van der Waals surface area (Å²) in [5.41, 5.74) is 5.47. The molecular formula is C20H31N3O4. The van der Waals surface area contributed by atoms with Crippen molar-refractivity contribution in [2.75, 3.05) is 26.2 Å². The molecule has 1 aliphatic rings. The van der Waals surface area contributed by atoms with E-state index >= 15 is 0 Å². The van der Waals surface area contributed by atoms with E-state index in [1.165, 1.54) is 0 Å². The van der Waals surface area contributed by atoms with Gasteiger partial charge < -0.3 is 20.1 Å². The molecule has 1 aromatic heterocycles. The smallest absolute Gasteiger partial charge is 0.410 e. The Morgan fingerprint density at radius 2 is 2.15 bits per heavy atom. The maximum atomic E-state index is 13.1. The van der Waals surface area contributed by atoms with Gasteiger partial charge in [0.25, 0.3) is 0 Å². The molecule has 7 heteroatoms. The Bertz CT molecular complexity index is 644. The van der Waals surface area contributed by atoms with Gasteiger partial charge in [-0.15, -0.1) is 0 Å². The zero-order chi connectivity index (χ0) is 20.1. The van der Waals surface area contributed by atoms with Gasteiger partial charge in [0.1, 0.15) is 5.60 Å². The first-order valence-electron chi connectivity index (χ1n) is 9.48. The number of carbonyl (C=O) groups excluding carboxylic acids is 2. The lowest BCUT2D eigenvalue weighted by molar-refractivity contribution is -0.160. The van der Waals surface area contributed by atoms with E-state index < -0.39 is 17.1 Å². The molecule has 2 atom stereocenters. The molecule has 2 heterocycles. The van der Waals surface area contributed by atoms with Crippen LogP contribution in [-0.2, 0) is 14.3 Å². The third kappa shape index (κ3) is 4.97. The van der Waals surface area contributed by atoms with Gasteiger partial charge in [0.15, 0.2) is 0 Å². The minimum atomic E-state index is -0.914. The summed E-state index contributed by atoms with van der Waals surface area (Å²) in [6.07, 6.45) is 4.27. The van der Waals surface area contributed by atoms with E-state index in [4.69, 9.17) is 15.2 Å². The molecule has 0 aliphatic carbocycles. The highest BCUT2D eigenvalue weighted by Crippen LogP contribution is 2.44. The molecule has 1 saturated heterocycles. The van der Waals surface area contributed by atoms with Gasteiger partial charge in [-0.25, -0.2) is 4.79 Å². The minimum absolute atomic E-state index is 0.220. The second kappa shape index (κ2) is 8.69. The Balaban J connectivity index is 2.38. The van der Waals surface area contributed by atoms with Crippen LogP contribution in [0.3, 0.4) is 0 Å². The van der Waals surface area contributed by atoms with Gasteiger partial charge >= 0.3 is 12.1 Å². The molecule has 27 heavy (non-hydrogen) atoms. The second-order valence-corrected chi connectivity index (χ2v) is 7.96. The molecule has 1 amide bonds. The van der Waals surface area contributed by atoms with Gasteiger partial charge in [0, 0.05) is 37.9 Å². The topological polar surface area (TPSA) is 94.8 Å². The van der Waals surface area contributed by atoms with Crippen LogP contribution in [0.15, 0.2) is 24.5 Å². The van der Waals surface area contributed by atoms with Crippen molar-refractivity contribution in [1.82, 2.24) is 9.88 Å². The molecule has 2 rings (SSSR count). The predicted molar refractivity (Wildman–Crippen MR) is 102 cm³/mol. The molecule has 2 N–H and O–H groups in total. The molecule has 1 aromatic rings. The Morgan fingerprint density at radius 3 is 2.70 bits per heavy atom. The van der Waals surface area contributed by atoms with Gasteiger partial charge in [-0.2, -0.15) is 0 Å². The fraction of sp³-hybridized carbons (Fsp3) is 0.650. The van der Waals surface area contributed by atoms with E-state index in [0.717, 1.165) is 5.56 Å². The van der Waals surface area contributed by atoms with E-state index in [-0.39, 0.29) is 31.6 Å². The quantitative estimate of drug-likeness (QED) is 0.793. The molecule has 0 saturated carbocycles. The van der Waals surface area contributed by atoms with Crippen molar-refractivity contribution < 1.29 is 19.1 Å². The number of carbonyl (C=O) groups is 2. The Labute approximate surface area is 161 Å². The van der Waals surface area contributed by atoms with E-state index in [9.17, 15) is 9.59 Å². The number of hydrogen-bond donors (Lipinski definition) is 1. The lowest BCUT2D eigenvalue weighted by atomic mass is 9.67. The molecule has 0 radical (unpaired) electrons.